The number of rotatable bonds is 6. The zero-order valence-corrected chi connectivity index (χ0v) is 15.8. The van der Waals surface area contributed by atoms with Gasteiger partial charge >= 0.3 is 6.18 Å². The van der Waals surface area contributed by atoms with Crippen molar-refractivity contribution in [2.24, 2.45) is 0 Å². The minimum atomic E-state index is -4.44. The van der Waals surface area contributed by atoms with Gasteiger partial charge in [-0.25, -0.2) is 0 Å². The van der Waals surface area contributed by atoms with Gasteiger partial charge in [0, 0.05) is 32.7 Å². The molecule has 29 heavy (non-hydrogen) atoms. The van der Waals surface area contributed by atoms with Gasteiger partial charge in [-0.05, 0) is 11.6 Å². The van der Waals surface area contributed by atoms with E-state index >= 15 is 0 Å². The number of aromatic nitrogens is 1. The molecule has 0 radical (unpaired) electrons. The molecule has 1 atom stereocenters. The van der Waals surface area contributed by atoms with E-state index in [0.29, 0.717) is 24.3 Å². The molecule has 1 aromatic carbocycles. The number of nitrogens with zero attached hydrogens (tertiary/aromatic N) is 3. The van der Waals surface area contributed by atoms with E-state index in [1.807, 2.05) is 0 Å². The normalized spacial score (nSPS) is 17.8. The molecule has 2 amide bonds. The number of halogens is 3. The molecule has 1 aliphatic rings. The molecule has 10 heteroatoms. The minimum Gasteiger partial charge on any atom is -0.364 e. The van der Waals surface area contributed by atoms with Crippen molar-refractivity contribution in [3.63, 3.8) is 0 Å². The predicted molar refractivity (Wildman–Crippen MR) is 96.2 cm³/mol. The van der Waals surface area contributed by atoms with Gasteiger partial charge in [-0.1, -0.05) is 23.4 Å². The predicted octanol–water partition coefficient (Wildman–Crippen LogP) is 2.04. The highest BCUT2D eigenvalue weighted by molar-refractivity contribution is 5.88. The number of hydrogen-bond acceptors (Lipinski definition) is 5. The number of amides is 2. The van der Waals surface area contributed by atoms with E-state index in [1.165, 1.54) is 17.2 Å². The highest BCUT2D eigenvalue weighted by Crippen LogP contribution is 2.30. The van der Waals surface area contributed by atoms with Crippen LogP contribution in [0.4, 0.5) is 13.2 Å². The Morgan fingerprint density at radius 2 is 2.17 bits per heavy atom. The van der Waals surface area contributed by atoms with Gasteiger partial charge in [-0.2, -0.15) is 13.2 Å². The fraction of sp³-hybridized carbons (Fsp3) is 0.421. The summed E-state index contributed by atoms with van der Waals surface area (Å²) in [6.45, 7) is 1.18. The second kappa shape index (κ2) is 8.64. The van der Waals surface area contributed by atoms with Crippen molar-refractivity contribution in [2.75, 3.05) is 20.1 Å². The van der Waals surface area contributed by atoms with Crippen molar-refractivity contribution >= 4 is 11.8 Å². The van der Waals surface area contributed by atoms with Crippen LogP contribution in [0.5, 0.6) is 0 Å². The lowest BCUT2D eigenvalue weighted by molar-refractivity contribution is -0.138. The van der Waals surface area contributed by atoms with Crippen LogP contribution in [0, 0.1) is 0 Å². The summed E-state index contributed by atoms with van der Waals surface area (Å²) in [7, 11) is 1.59. The quantitative estimate of drug-likeness (QED) is 0.789. The Bertz CT molecular complexity index is 855. The van der Waals surface area contributed by atoms with Crippen LogP contribution in [0.25, 0.3) is 0 Å². The highest BCUT2D eigenvalue weighted by atomic mass is 19.4. The van der Waals surface area contributed by atoms with E-state index in [4.69, 9.17) is 4.52 Å². The van der Waals surface area contributed by atoms with Gasteiger partial charge < -0.3 is 14.7 Å². The van der Waals surface area contributed by atoms with Crippen molar-refractivity contribution in [2.45, 2.75) is 31.7 Å². The van der Waals surface area contributed by atoms with Crippen LogP contribution < -0.4 is 5.32 Å². The third-order valence-electron chi connectivity index (χ3n) is 4.77. The molecule has 156 valence electrons. The largest absolute Gasteiger partial charge is 0.416 e. The van der Waals surface area contributed by atoms with Gasteiger partial charge in [0.05, 0.1) is 24.6 Å². The zero-order chi connectivity index (χ0) is 21.0. The highest BCUT2D eigenvalue weighted by Gasteiger charge is 2.34. The lowest BCUT2D eigenvalue weighted by Crippen LogP contribution is -2.56. The standard InChI is InChI=1S/C19H21F3N4O3/c1-25(12-15-5-8-29-24-15)17(27)10-16-18(28)23-6-7-26(16)11-13-3-2-4-14(9-13)19(20,21)22/h2-5,8-9,16H,6-7,10-12H2,1H3,(H,23,28)/t16-/m0/s1. The average Bonchev–Trinajstić information content (AvgIpc) is 3.17. The number of piperazine rings is 1. The number of nitrogens with one attached hydrogen (secondary N) is 1. The van der Waals surface area contributed by atoms with Gasteiger partial charge in [0.15, 0.2) is 0 Å². The summed E-state index contributed by atoms with van der Waals surface area (Å²) in [6.07, 6.45) is -3.12. The molecule has 1 saturated heterocycles. The molecule has 3 rings (SSSR count). The molecule has 1 aromatic heterocycles. The van der Waals surface area contributed by atoms with Gasteiger partial charge in [-0.15, -0.1) is 0 Å². The number of hydrogen-bond donors (Lipinski definition) is 1. The van der Waals surface area contributed by atoms with Crippen molar-refractivity contribution < 1.29 is 27.3 Å². The smallest absolute Gasteiger partial charge is 0.364 e. The molecule has 1 aliphatic heterocycles. The summed E-state index contributed by atoms with van der Waals surface area (Å²) in [4.78, 5) is 28.1. The van der Waals surface area contributed by atoms with E-state index in [-0.39, 0.29) is 31.3 Å². The van der Waals surface area contributed by atoms with Gasteiger partial charge in [0.25, 0.3) is 0 Å². The molecular weight excluding hydrogens is 389 g/mol. The van der Waals surface area contributed by atoms with E-state index in [1.54, 1.807) is 24.1 Å². The van der Waals surface area contributed by atoms with Gasteiger partial charge in [0.2, 0.25) is 11.8 Å². The average molecular weight is 410 g/mol. The first kappa shape index (κ1) is 20.8. The van der Waals surface area contributed by atoms with E-state index in [9.17, 15) is 22.8 Å². The summed E-state index contributed by atoms with van der Waals surface area (Å²) in [5.74, 6) is -0.587. The first-order valence-corrected chi connectivity index (χ1v) is 9.05. The molecule has 1 N–H and O–H groups in total. The van der Waals surface area contributed by atoms with Crippen LogP contribution in [-0.4, -0.2) is 52.9 Å². The molecular formula is C19H21F3N4O3. The number of benzene rings is 1. The SMILES string of the molecule is CN(Cc1ccon1)C(=O)C[C@H]1C(=O)NCCN1Cc1cccc(C(F)(F)F)c1. The molecule has 1 fully saturated rings. The molecule has 0 spiro atoms. The van der Waals surface area contributed by atoms with Gasteiger partial charge in [-0.3, -0.25) is 14.5 Å². The Kier molecular flexibility index (Phi) is 6.21. The summed E-state index contributed by atoms with van der Waals surface area (Å²) >= 11 is 0. The topological polar surface area (TPSA) is 78.7 Å². The Morgan fingerprint density at radius 1 is 1.38 bits per heavy atom. The first-order chi connectivity index (χ1) is 13.7. The summed E-state index contributed by atoms with van der Waals surface area (Å²) in [5, 5.41) is 6.46. The molecule has 0 saturated carbocycles. The van der Waals surface area contributed by atoms with Crippen LogP contribution >= 0.6 is 0 Å². The van der Waals surface area contributed by atoms with Crippen LogP contribution in [0.15, 0.2) is 41.1 Å². The maximum Gasteiger partial charge on any atom is 0.416 e. The molecule has 0 bridgehead atoms. The van der Waals surface area contributed by atoms with Crippen molar-refractivity contribution in [1.29, 1.82) is 0 Å². The van der Waals surface area contributed by atoms with E-state index < -0.39 is 17.8 Å². The van der Waals surface area contributed by atoms with Crippen LogP contribution in [-0.2, 0) is 28.9 Å². The molecule has 0 unspecified atom stereocenters. The van der Waals surface area contributed by atoms with E-state index in [2.05, 4.69) is 10.5 Å². The Hall–Kier alpha value is -2.88. The second-order valence-electron chi connectivity index (χ2n) is 6.92. The zero-order valence-electron chi connectivity index (χ0n) is 15.8. The maximum absolute atomic E-state index is 13.0. The molecule has 0 aliphatic carbocycles. The Morgan fingerprint density at radius 3 is 2.86 bits per heavy atom. The Labute approximate surface area is 165 Å². The van der Waals surface area contributed by atoms with Crippen molar-refractivity contribution in [1.82, 2.24) is 20.3 Å². The third kappa shape index (κ3) is 5.35. The van der Waals surface area contributed by atoms with Crippen molar-refractivity contribution in [3.05, 3.63) is 53.4 Å². The second-order valence-corrected chi connectivity index (χ2v) is 6.92. The first-order valence-electron chi connectivity index (χ1n) is 9.05. The molecule has 7 nitrogen and oxygen atoms in total. The lowest BCUT2D eigenvalue weighted by Gasteiger charge is -2.35. The summed E-state index contributed by atoms with van der Waals surface area (Å²) in [5.41, 5.74) is 0.272. The third-order valence-corrected chi connectivity index (χ3v) is 4.77. The van der Waals surface area contributed by atoms with Crippen LogP contribution in [0.1, 0.15) is 23.2 Å². The maximum atomic E-state index is 13.0. The van der Waals surface area contributed by atoms with Crippen LogP contribution in [0.3, 0.4) is 0 Å². The monoisotopic (exact) mass is 410 g/mol. The summed E-state index contributed by atoms with van der Waals surface area (Å²) in [6, 6.07) is 5.88. The number of carbonyl (C=O) groups is 2. The molecule has 2 aromatic rings. The van der Waals surface area contributed by atoms with Gasteiger partial charge in [0.1, 0.15) is 12.0 Å². The Balaban J connectivity index is 1.69. The lowest BCUT2D eigenvalue weighted by atomic mass is 10.0. The fourth-order valence-electron chi connectivity index (χ4n) is 3.23. The molecule has 2 heterocycles. The minimum absolute atomic E-state index is 0.0842. The van der Waals surface area contributed by atoms with E-state index in [0.717, 1.165) is 12.1 Å². The summed E-state index contributed by atoms with van der Waals surface area (Å²) < 4.78 is 43.6. The fourth-order valence-corrected chi connectivity index (χ4v) is 3.23. The van der Waals surface area contributed by atoms with Crippen LogP contribution in [0.2, 0.25) is 0 Å². The van der Waals surface area contributed by atoms with Crippen molar-refractivity contribution in [3.8, 4) is 0 Å². The number of carbonyl (C=O) groups excluding carboxylic acids is 2. The number of alkyl halides is 3.